The zero-order valence-electron chi connectivity index (χ0n) is 15.3. The van der Waals surface area contributed by atoms with Crippen molar-refractivity contribution in [3.8, 4) is 11.8 Å². The van der Waals surface area contributed by atoms with Gasteiger partial charge in [-0.1, -0.05) is 24.3 Å². The quantitative estimate of drug-likeness (QED) is 0.681. The highest BCUT2D eigenvalue weighted by molar-refractivity contribution is 5.80. The zero-order valence-corrected chi connectivity index (χ0v) is 15.3. The van der Waals surface area contributed by atoms with Crippen LogP contribution in [0.4, 0.5) is 0 Å². The van der Waals surface area contributed by atoms with E-state index in [0.29, 0.717) is 18.0 Å². The summed E-state index contributed by atoms with van der Waals surface area (Å²) in [5, 5.41) is 12.3. The number of hydrogen-bond acceptors (Lipinski definition) is 3. The minimum Gasteiger partial charge on any atom is -0.497 e. The first-order valence-corrected chi connectivity index (χ1v) is 8.82. The topological polar surface area (TPSA) is 60.7 Å². The fourth-order valence-corrected chi connectivity index (χ4v) is 3.31. The van der Waals surface area contributed by atoms with Crippen LogP contribution in [0.25, 0.3) is 0 Å². The summed E-state index contributed by atoms with van der Waals surface area (Å²) in [5.41, 5.74) is 3.16. The van der Waals surface area contributed by atoms with Gasteiger partial charge in [-0.15, -0.1) is 0 Å². The number of rotatable bonds is 4. The van der Waals surface area contributed by atoms with Gasteiger partial charge in [0.05, 0.1) is 18.7 Å². The third kappa shape index (κ3) is 4.15. The molecule has 5 nitrogen and oxygen atoms in total. The normalized spacial score (nSPS) is 17.0. The minimum atomic E-state index is 0.509. The summed E-state index contributed by atoms with van der Waals surface area (Å²) in [6.45, 7) is 2.64. The minimum absolute atomic E-state index is 0.509. The summed E-state index contributed by atoms with van der Waals surface area (Å²) >= 11 is 0. The molecule has 0 aliphatic carbocycles. The van der Waals surface area contributed by atoms with E-state index in [4.69, 9.17) is 10.00 Å². The molecule has 0 radical (unpaired) electrons. The average Bonchev–Trinajstić information content (AvgIpc) is 3.19. The Labute approximate surface area is 154 Å². The lowest BCUT2D eigenvalue weighted by atomic mass is 9.98. The highest BCUT2D eigenvalue weighted by atomic mass is 16.5. The summed E-state index contributed by atoms with van der Waals surface area (Å²) in [6.07, 6.45) is 1.11. The van der Waals surface area contributed by atoms with Gasteiger partial charge in [0.25, 0.3) is 0 Å². The predicted molar refractivity (Wildman–Crippen MR) is 103 cm³/mol. The Morgan fingerprint density at radius 2 is 1.96 bits per heavy atom. The molecule has 1 unspecified atom stereocenters. The Balaban J connectivity index is 1.57. The zero-order chi connectivity index (χ0) is 18.4. The molecule has 2 aromatic carbocycles. The molecule has 5 heteroatoms. The SMILES string of the molecule is CN=C(NCc1ccc(C#N)cc1)N1CCC(c2ccc(OC)cc2)C1. The van der Waals surface area contributed by atoms with Crippen molar-refractivity contribution in [1.82, 2.24) is 10.2 Å². The summed E-state index contributed by atoms with van der Waals surface area (Å²) in [6, 6.07) is 18.1. The van der Waals surface area contributed by atoms with Crippen molar-refractivity contribution in [2.24, 2.45) is 4.99 Å². The second-order valence-corrected chi connectivity index (χ2v) is 6.41. The van der Waals surface area contributed by atoms with Crippen molar-refractivity contribution in [3.05, 3.63) is 65.2 Å². The number of aliphatic imine (C=N–C) groups is 1. The lowest BCUT2D eigenvalue weighted by Gasteiger charge is -2.22. The lowest BCUT2D eigenvalue weighted by Crippen LogP contribution is -2.39. The number of benzene rings is 2. The van der Waals surface area contributed by atoms with E-state index in [2.05, 4.69) is 33.4 Å². The second kappa shape index (κ2) is 8.39. The van der Waals surface area contributed by atoms with Gasteiger partial charge < -0.3 is 15.0 Å². The number of methoxy groups -OCH3 is 1. The first-order chi connectivity index (χ1) is 12.7. The van der Waals surface area contributed by atoms with Crippen LogP contribution in [0.15, 0.2) is 53.5 Å². The van der Waals surface area contributed by atoms with Gasteiger partial charge in [-0.05, 0) is 41.8 Å². The number of guanidine groups is 1. The highest BCUT2D eigenvalue weighted by Crippen LogP contribution is 2.28. The third-order valence-electron chi connectivity index (χ3n) is 4.82. The molecule has 0 amide bonds. The van der Waals surface area contributed by atoms with Crippen molar-refractivity contribution in [1.29, 1.82) is 5.26 Å². The molecular formula is C21H24N4O. The van der Waals surface area contributed by atoms with Crippen LogP contribution in [-0.4, -0.2) is 38.1 Å². The fraction of sp³-hybridized carbons (Fsp3) is 0.333. The summed E-state index contributed by atoms with van der Waals surface area (Å²) in [5.74, 6) is 2.32. The average molecular weight is 348 g/mol. The van der Waals surface area contributed by atoms with Gasteiger partial charge in [0.1, 0.15) is 5.75 Å². The van der Waals surface area contributed by atoms with Gasteiger partial charge in [0, 0.05) is 32.6 Å². The molecule has 26 heavy (non-hydrogen) atoms. The smallest absolute Gasteiger partial charge is 0.193 e. The van der Waals surface area contributed by atoms with E-state index in [1.165, 1.54) is 5.56 Å². The molecule has 0 saturated carbocycles. The Bertz CT molecular complexity index is 790. The number of likely N-dealkylation sites (tertiary alicyclic amines) is 1. The highest BCUT2D eigenvalue weighted by Gasteiger charge is 2.26. The van der Waals surface area contributed by atoms with Gasteiger partial charge in [0.2, 0.25) is 0 Å². The van der Waals surface area contributed by atoms with Crippen molar-refractivity contribution >= 4 is 5.96 Å². The van der Waals surface area contributed by atoms with E-state index in [9.17, 15) is 0 Å². The standard InChI is InChI=1S/C21H24N4O/c1-23-21(24-14-17-5-3-16(13-22)4-6-17)25-12-11-19(15-25)18-7-9-20(26-2)10-8-18/h3-10,19H,11-12,14-15H2,1-2H3,(H,23,24). The molecule has 0 aromatic heterocycles. The number of nitrogens with one attached hydrogen (secondary N) is 1. The van der Waals surface area contributed by atoms with Gasteiger partial charge in [0.15, 0.2) is 5.96 Å². The Kier molecular flexibility index (Phi) is 5.75. The predicted octanol–water partition coefficient (Wildman–Crippen LogP) is 3.13. The summed E-state index contributed by atoms with van der Waals surface area (Å²) in [7, 11) is 3.51. The van der Waals surface area contributed by atoms with Crippen LogP contribution in [0.2, 0.25) is 0 Å². The van der Waals surface area contributed by atoms with Crippen LogP contribution in [0.5, 0.6) is 5.75 Å². The van der Waals surface area contributed by atoms with Crippen LogP contribution in [0, 0.1) is 11.3 Å². The molecule has 1 saturated heterocycles. The van der Waals surface area contributed by atoms with Crippen molar-refractivity contribution < 1.29 is 4.74 Å². The molecule has 134 valence electrons. The Hall–Kier alpha value is -3.00. The maximum atomic E-state index is 8.88. The molecule has 1 aliphatic rings. The van der Waals surface area contributed by atoms with Gasteiger partial charge >= 0.3 is 0 Å². The fourth-order valence-electron chi connectivity index (χ4n) is 3.31. The molecule has 0 spiro atoms. The maximum absolute atomic E-state index is 8.88. The van der Waals surface area contributed by atoms with Crippen LogP contribution in [0.1, 0.15) is 29.0 Å². The molecule has 1 fully saturated rings. The van der Waals surface area contributed by atoms with Crippen LogP contribution in [-0.2, 0) is 6.54 Å². The molecule has 1 N–H and O–H groups in total. The molecule has 1 atom stereocenters. The monoisotopic (exact) mass is 348 g/mol. The number of nitriles is 1. The molecule has 1 heterocycles. The van der Waals surface area contributed by atoms with Crippen LogP contribution < -0.4 is 10.1 Å². The molecular weight excluding hydrogens is 324 g/mol. The van der Waals surface area contributed by atoms with E-state index >= 15 is 0 Å². The first-order valence-electron chi connectivity index (χ1n) is 8.82. The number of nitrogens with zero attached hydrogens (tertiary/aromatic N) is 3. The molecule has 3 rings (SSSR count). The molecule has 0 bridgehead atoms. The van der Waals surface area contributed by atoms with E-state index in [-0.39, 0.29) is 0 Å². The van der Waals surface area contributed by atoms with Gasteiger partial charge in [-0.2, -0.15) is 5.26 Å². The Morgan fingerprint density at radius 3 is 2.58 bits per heavy atom. The first kappa shape index (κ1) is 17.8. The third-order valence-corrected chi connectivity index (χ3v) is 4.82. The molecule has 2 aromatic rings. The molecule has 1 aliphatic heterocycles. The Morgan fingerprint density at radius 1 is 1.23 bits per heavy atom. The van der Waals surface area contributed by atoms with E-state index in [1.807, 2.05) is 43.4 Å². The van der Waals surface area contributed by atoms with E-state index in [0.717, 1.165) is 36.8 Å². The van der Waals surface area contributed by atoms with Crippen molar-refractivity contribution in [3.63, 3.8) is 0 Å². The number of ether oxygens (including phenoxy) is 1. The summed E-state index contributed by atoms with van der Waals surface area (Å²) < 4.78 is 5.24. The largest absolute Gasteiger partial charge is 0.497 e. The van der Waals surface area contributed by atoms with Crippen LogP contribution >= 0.6 is 0 Å². The summed E-state index contributed by atoms with van der Waals surface area (Å²) in [4.78, 5) is 6.74. The maximum Gasteiger partial charge on any atom is 0.193 e. The van der Waals surface area contributed by atoms with Crippen molar-refractivity contribution in [2.45, 2.75) is 18.9 Å². The van der Waals surface area contributed by atoms with E-state index < -0.39 is 0 Å². The van der Waals surface area contributed by atoms with Crippen molar-refractivity contribution in [2.75, 3.05) is 27.2 Å². The van der Waals surface area contributed by atoms with Gasteiger partial charge in [-0.25, -0.2) is 0 Å². The lowest BCUT2D eigenvalue weighted by molar-refractivity contribution is 0.414. The van der Waals surface area contributed by atoms with Crippen LogP contribution in [0.3, 0.4) is 0 Å². The second-order valence-electron chi connectivity index (χ2n) is 6.41. The number of hydrogen-bond donors (Lipinski definition) is 1. The van der Waals surface area contributed by atoms with Gasteiger partial charge in [-0.3, -0.25) is 4.99 Å². The van der Waals surface area contributed by atoms with E-state index in [1.54, 1.807) is 7.11 Å².